The monoisotopic (exact) mass is 306 g/mol. The van der Waals surface area contributed by atoms with Crippen LogP contribution in [0, 0.1) is 10.8 Å². The van der Waals surface area contributed by atoms with Crippen LogP contribution in [-0.4, -0.2) is 22.0 Å². The first-order valence-corrected chi connectivity index (χ1v) is 8.02. The molecule has 2 N–H and O–H groups in total. The summed E-state index contributed by atoms with van der Waals surface area (Å²) in [5, 5.41) is 19.3. The molecule has 0 amide bonds. The third kappa shape index (κ3) is 2.59. The first kappa shape index (κ1) is 16.8. The van der Waals surface area contributed by atoms with Crippen molar-refractivity contribution in [1.82, 2.24) is 0 Å². The summed E-state index contributed by atoms with van der Waals surface area (Å²) in [6.07, 6.45) is 4.14. The van der Waals surface area contributed by atoms with E-state index >= 15 is 0 Å². The van der Waals surface area contributed by atoms with E-state index in [1.54, 1.807) is 6.92 Å². The van der Waals surface area contributed by atoms with Gasteiger partial charge in [-0.1, -0.05) is 32.8 Å². The van der Waals surface area contributed by atoms with Gasteiger partial charge >= 0.3 is 5.97 Å². The molecular formula is C18H26O4. The van der Waals surface area contributed by atoms with E-state index in [0.717, 1.165) is 30.4 Å². The van der Waals surface area contributed by atoms with Crippen LogP contribution in [0.5, 0.6) is 0 Å². The average molecular weight is 306 g/mol. The van der Waals surface area contributed by atoms with Gasteiger partial charge in [0, 0.05) is 17.4 Å². The summed E-state index contributed by atoms with van der Waals surface area (Å²) < 4.78 is 0. The van der Waals surface area contributed by atoms with E-state index in [1.165, 1.54) is 0 Å². The average Bonchev–Trinajstić information content (AvgIpc) is 2.39. The predicted molar refractivity (Wildman–Crippen MR) is 84.6 cm³/mol. The molecule has 122 valence electrons. The van der Waals surface area contributed by atoms with Crippen LogP contribution in [0.2, 0.25) is 0 Å². The van der Waals surface area contributed by atoms with Crippen LogP contribution in [0.1, 0.15) is 66.2 Å². The van der Waals surface area contributed by atoms with Gasteiger partial charge in [-0.15, -0.1) is 0 Å². The number of carboxylic acids is 1. The zero-order valence-corrected chi connectivity index (χ0v) is 14.0. The molecule has 0 aromatic rings. The van der Waals surface area contributed by atoms with E-state index in [0.29, 0.717) is 18.4 Å². The first-order valence-electron chi connectivity index (χ1n) is 8.02. The number of allylic oxidation sites excluding steroid dienone is 3. The largest absolute Gasteiger partial charge is 0.504 e. The van der Waals surface area contributed by atoms with Gasteiger partial charge in [-0.3, -0.25) is 9.59 Å². The van der Waals surface area contributed by atoms with Crippen LogP contribution in [0.15, 0.2) is 22.5 Å². The molecule has 0 aliphatic heterocycles. The Labute approximate surface area is 131 Å². The van der Waals surface area contributed by atoms with Crippen LogP contribution in [-0.2, 0) is 9.59 Å². The maximum atomic E-state index is 12.4. The topological polar surface area (TPSA) is 74.6 Å². The van der Waals surface area contributed by atoms with Gasteiger partial charge in [0.1, 0.15) is 0 Å². The summed E-state index contributed by atoms with van der Waals surface area (Å²) in [5.74, 6) is -1.17. The van der Waals surface area contributed by atoms with Crippen molar-refractivity contribution in [3.05, 3.63) is 22.5 Å². The number of ketones is 1. The normalized spacial score (nSPS) is 27.9. The highest BCUT2D eigenvalue weighted by molar-refractivity contribution is 6.09. The van der Waals surface area contributed by atoms with E-state index in [-0.39, 0.29) is 28.8 Å². The van der Waals surface area contributed by atoms with Crippen molar-refractivity contribution in [3.63, 3.8) is 0 Å². The molecule has 4 nitrogen and oxygen atoms in total. The second kappa shape index (κ2) is 5.56. The smallest absolute Gasteiger partial charge is 0.303 e. The maximum absolute atomic E-state index is 12.4. The minimum atomic E-state index is -0.812. The Kier molecular flexibility index (Phi) is 4.24. The number of carboxylic acid groups (broad SMARTS) is 1. The lowest BCUT2D eigenvalue weighted by Gasteiger charge is -2.50. The van der Waals surface area contributed by atoms with Gasteiger partial charge in [-0.2, -0.15) is 0 Å². The second-order valence-corrected chi connectivity index (χ2v) is 7.47. The number of Topliss-reactive ketones (excluding diaryl/α,β-unsaturated/α-hetero) is 1. The molecule has 1 atom stereocenters. The van der Waals surface area contributed by atoms with Crippen molar-refractivity contribution in [3.8, 4) is 0 Å². The summed E-state index contributed by atoms with van der Waals surface area (Å²) in [5.41, 5.74) is 1.96. The number of rotatable bonds is 4. The van der Waals surface area contributed by atoms with Gasteiger partial charge in [0.25, 0.3) is 0 Å². The number of hydrogen-bond donors (Lipinski definition) is 2. The summed E-state index contributed by atoms with van der Waals surface area (Å²) in [6.45, 7) is 8.03. The summed E-state index contributed by atoms with van der Waals surface area (Å²) in [4.78, 5) is 23.2. The molecule has 0 saturated heterocycles. The molecule has 1 fully saturated rings. The summed E-state index contributed by atoms with van der Waals surface area (Å²) in [6, 6.07) is 0. The Balaban J connectivity index is 2.45. The van der Waals surface area contributed by atoms with Crippen LogP contribution in [0.4, 0.5) is 0 Å². The molecular weight excluding hydrogens is 280 g/mol. The van der Waals surface area contributed by atoms with Gasteiger partial charge in [-0.25, -0.2) is 0 Å². The molecule has 0 aromatic heterocycles. The lowest BCUT2D eigenvalue weighted by Crippen LogP contribution is -2.41. The van der Waals surface area contributed by atoms with Gasteiger partial charge in [-0.05, 0) is 43.6 Å². The fourth-order valence-electron chi connectivity index (χ4n) is 4.49. The molecule has 1 saturated carbocycles. The van der Waals surface area contributed by atoms with Crippen LogP contribution < -0.4 is 0 Å². The van der Waals surface area contributed by atoms with E-state index in [2.05, 4.69) is 20.8 Å². The minimum absolute atomic E-state index is 0.0771. The number of fused-ring (bicyclic) bond motifs is 1. The summed E-state index contributed by atoms with van der Waals surface area (Å²) >= 11 is 0. The van der Waals surface area contributed by atoms with Crippen molar-refractivity contribution >= 4 is 11.8 Å². The Hall–Kier alpha value is -1.58. The minimum Gasteiger partial charge on any atom is -0.504 e. The highest BCUT2D eigenvalue weighted by Gasteiger charge is 2.50. The zero-order valence-electron chi connectivity index (χ0n) is 14.0. The first-order chi connectivity index (χ1) is 10.1. The molecule has 0 bridgehead atoms. The number of aliphatic carboxylic acids is 1. The Morgan fingerprint density at radius 2 is 1.86 bits per heavy atom. The molecule has 22 heavy (non-hydrogen) atoms. The van der Waals surface area contributed by atoms with Crippen molar-refractivity contribution in [2.75, 3.05) is 0 Å². The lowest BCUT2D eigenvalue weighted by molar-refractivity contribution is -0.137. The third-order valence-electron chi connectivity index (χ3n) is 5.44. The number of aliphatic hydroxyl groups is 1. The Morgan fingerprint density at radius 3 is 2.45 bits per heavy atom. The van der Waals surface area contributed by atoms with Gasteiger partial charge < -0.3 is 10.2 Å². The molecule has 0 heterocycles. The number of carbonyl (C=O) groups is 2. The lowest BCUT2D eigenvalue weighted by atomic mass is 9.54. The molecule has 2 rings (SSSR count). The Bertz CT molecular complexity index is 580. The quantitative estimate of drug-likeness (QED) is 0.817. The zero-order chi connectivity index (χ0) is 16.7. The van der Waals surface area contributed by atoms with E-state index < -0.39 is 5.97 Å². The van der Waals surface area contributed by atoms with Crippen LogP contribution in [0.25, 0.3) is 0 Å². The molecule has 4 heteroatoms. The molecule has 0 aromatic carbocycles. The van der Waals surface area contributed by atoms with Crippen molar-refractivity contribution in [1.29, 1.82) is 0 Å². The van der Waals surface area contributed by atoms with Gasteiger partial charge in [0.2, 0.25) is 5.78 Å². The molecule has 0 spiro atoms. The Morgan fingerprint density at radius 1 is 1.23 bits per heavy atom. The summed E-state index contributed by atoms with van der Waals surface area (Å²) in [7, 11) is 0. The van der Waals surface area contributed by atoms with E-state index in [1.807, 2.05) is 0 Å². The van der Waals surface area contributed by atoms with Crippen molar-refractivity contribution in [2.45, 2.75) is 66.2 Å². The number of aliphatic hydroxyl groups excluding tert-OH is 1. The standard InChI is InChI=1S/C18H26O4/c1-11-12(7-5-8-13(19)20)18(4)10-6-9-17(2,3)16(18)15(22)14(11)21/h22H,5-10H2,1-4H3,(H,19,20)/t18-/m1/s1. The molecule has 2 aliphatic carbocycles. The maximum Gasteiger partial charge on any atom is 0.303 e. The van der Waals surface area contributed by atoms with Gasteiger partial charge in [0.15, 0.2) is 5.76 Å². The molecule has 0 radical (unpaired) electrons. The van der Waals surface area contributed by atoms with E-state index in [9.17, 15) is 14.7 Å². The SMILES string of the molecule is CC1=C(CCCC(=O)O)[C@@]2(C)CCCC(C)(C)C2=C(O)C1=O. The van der Waals surface area contributed by atoms with Crippen molar-refractivity contribution < 1.29 is 19.8 Å². The van der Waals surface area contributed by atoms with Crippen molar-refractivity contribution in [2.24, 2.45) is 10.8 Å². The third-order valence-corrected chi connectivity index (χ3v) is 5.44. The van der Waals surface area contributed by atoms with E-state index in [4.69, 9.17) is 5.11 Å². The van der Waals surface area contributed by atoms with Crippen LogP contribution in [0.3, 0.4) is 0 Å². The number of hydrogen-bond acceptors (Lipinski definition) is 3. The molecule has 0 unspecified atom stereocenters. The highest BCUT2D eigenvalue weighted by Crippen LogP contribution is 2.58. The fourth-order valence-corrected chi connectivity index (χ4v) is 4.49. The van der Waals surface area contributed by atoms with Gasteiger partial charge in [0.05, 0.1) is 0 Å². The van der Waals surface area contributed by atoms with Crippen LogP contribution >= 0.6 is 0 Å². The predicted octanol–water partition coefficient (Wildman–Crippen LogP) is 4.17. The fraction of sp³-hybridized carbons (Fsp3) is 0.667. The highest BCUT2D eigenvalue weighted by atomic mass is 16.4. The second-order valence-electron chi connectivity index (χ2n) is 7.47. The molecule has 2 aliphatic rings. The number of carbonyl (C=O) groups excluding carboxylic acids is 1.